The number of amides is 4. The number of nitrogens with one attached hydrogen (secondary N) is 4. The SMILES string of the molecule is CNC(=O)[C@H](C)NC(=O)[C@H](C)NC(=O)[C@]1(NC(C)=O)CC[C@@H]1O[C@@H]1O[C@H](CO)[C@@H](O)[C@H](O)[C@H]1O. The Bertz CT molecular complexity index is 780. The molecular formula is C20H34N4O10. The van der Waals surface area contributed by atoms with Gasteiger partial charge in [-0.1, -0.05) is 0 Å². The average Bonchev–Trinajstić information content (AvgIpc) is 2.78. The summed E-state index contributed by atoms with van der Waals surface area (Å²) in [4.78, 5) is 49.0. The smallest absolute Gasteiger partial charge is 0.249 e. The van der Waals surface area contributed by atoms with Crippen LogP contribution in [0.2, 0.25) is 0 Å². The number of rotatable bonds is 9. The van der Waals surface area contributed by atoms with Crippen LogP contribution in [0.4, 0.5) is 0 Å². The molecule has 4 amide bonds. The molecule has 0 bridgehead atoms. The second-order valence-corrected chi connectivity index (χ2v) is 8.55. The van der Waals surface area contributed by atoms with Crippen LogP contribution in [0.1, 0.15) is 33.6 Å². The van der Waals surface area contributed by atoms with Gasteiger partial charge in [0.15, 0.2) is 6.29 Å². The van der Waals surface area contributed by atoms with Crippen LogP contribution in [0.3, 0.4) is 0 Å². The first-order valence-electron chi connectivity index (χ1n) is 11.0. The standard InChI is InChI=1S/C20H34N4O10/c1-8(16(30)21-4)22-17(31)9(2)23-19(32)20(24-10(3)26)6-5-12(20)34-18-15(29)14(28)13(27)11(7-25)33-18/h8-9,11-15,18,25,27-29H,5-7H2,1-4H3,(H,21,30)(H,22,31)(H,23,32)(H,24,26)/t8-,9-,11+,12-,13+,14-,15+,18-,20-/m0/s1. The number of carbonyl (C=O) groups excluding carboxylic acids is 4. The number of aliphatic hydroxyl groups is 4. The fourth-order valence-corrected chi connectivity index (χ4v) is 3.86. The maximum atomic E-state index is 13.1. The van der Waals surface area contributed by atoms with Crippen molar-refractivity contribution in [3.8, 4) is 0 Å². The molecular weight excluding hydrogens is 456 g/mol. The third kappa shape index (κ3) is 5.82. The van der Waals surface area contributed by atoms with Gasteiger partial charge in [-0.05, 0) is 26.7 Å². The summed E-state index contributed by atoms with van der Waals surface area (Å²) in [6, 6.07) is -1.91. The van der Waals surface area contributed by atoms with E-state index < -0.39 is 84.7 Å². The lowest BCUT2D eigenvalue weighted by Gasteiger charge is -2.50. The molecule has 0 aromatic heterocycles. The highest BCUT2D eigenvalue weighted by Crippen LogP contribution is 2.38. The summed E-state index contributed by atoms with van der Waals surface area (Å²) >= 11 is 0. The van der Waals surface area contributed by atoms with Gasteiger partial charge < -0.3 is 51.2 Å². The summed E-state index contributed by atoms with van der Waals surface area (Å²) < 4.78 is 11.0. The molecule has 14 heteroatoms. The number of ether oxygens (including phenoxy) is 2. The molecule has 0 unspecified atom stereocenters. The molecule has 2 fully saturated rings. The van der Waals surface area contributed by atoms with Gasteiger partial charge in [0.1, 0.15) is 42.0 Å². The molecule has 1 saturated heterocycles. The van der Waals surface area contributed by atoms with Crippen molar-refractivity contribution >= 4 is 23.6 Å². The lowest BCUT2D eigenvalue weighted by Crippen LogP contribution is -2.73. The predicted octanol–water partition coefficient (Wildman–Crippen LogP) is -4.40. The van der Waals surface area contributed by atoms with Crippen LogP contribution in [0, 0.1) is 0 Å². The Balaban J connectivity index is 2.12. The van der Waals surface area contributed by atoms with Crippen LogP contribution < -0.4 is 21.3 Å². The highest BCUT2D eigenvalue weighted by atomic mass is 16.7. The largest absolute Gasteiger partial charge is 0.394 e. The van der Waals surface area contributed by atoms with Crippen molar-refractivity contribution in [2.24, 2.45) is 0 Å². The summed E-state index contributed by atoms with van der Waals surface area (Å²) in [6.07, 6.45) is -8.27. The van der Waals surface area contributed by atoms with Crippen molar-refractivity contribution in [2.45, 2.75) is 88.0 Å². The molecule has 8 N–H and O–H groups in total. The zero-order valence-electron chi connectivity index (χ0n) is 19.5. The van der Waals surface area contributed by atoms with E-state index in [1.54, 1.807) is 0 Å². The molecule has 14 nitrogen and oxygen atoms in total. The van der Waals surface area contributed by atoms with Crippen molar-refractivity contribution < 1.29 is 49.1 Å². The van der Waals surface area contributed by atoms with Crippen LogP contribution in [0.25, 0.3) is 0 Å². The molecule has 1 saturated carbocycles. The topological polar surface area (TPSA) is 216 Å². The number of aliphatic hydroxyl groups excluding tert-OH is 4. The molecule has 194 valence electrons. The molecule has 0 aromatic rings. The first-order valence-corrected chi connectivity index (χ1v) is 11.0. The maximum Gasteiger partial charge on any atom is 0.249 e. The fraction of sp³-hybridized carbons (Fsp3) is 0.800. The molecule has 1 aliphatic carbocycles. The summed E-state index contributed by atoms with van der Waals surface area (Å²) in [6.45, 7) is 3.41. The minimum Gasteiger partial charge on any atom is -0.394 e. The van der Waals surface area contributed by atoms with Gasteiger partial charge in [-0.3, -0.25) is 19.2 Å². The van der Waals surface area contributed by atoms with Gasteiger partial charge in [0.2, 0.25) is 23.6 Å². The minimum atomic E-state index is -1.69. The quantitative estimate of drug-likeness (QED) is 0.155. The van der Waals surface area contributed by atoms with E-state index in [1.165, 1.54) is 27.8 Å². The van der Waals surface area contributed by atoms with Crippen LogP contribution in [-0.2, 0) is 28.7 Å². The fourth-order valence-electron chi connectivity index (χ4n) is 3.86. The summed E-state index contributed by atoms with van der Waals surface area (Å²) in [5.74, 6) is -2.34. The van der Waals surface area contributed by atoms with Crippen LogP contribution in [0.15, 0.2) is 0 Å². The Morgan fingerprint density at radius 2 is 1.65 bits per heavy atom. The van der Waals surface area contributed by atoms with E-state index in [1.807, 2.05) is 0 Å². The molecule has 0 spiro atoms. The van der Waals surface area contributed by atoms with Gasteiger partial charge in [-0.15, -0.1) is 0 Å². The summed E-state index contributed by atoms with van der Waals surface area (Å²) in [7, 11) is 1.42. The van der Waals surface area contributed by atoms with E-state index in [-0.39, 0.29) is 12.8 Å². The van der Waals surface area contributed by atoms with Crippen molar-refractivity contribution in [2.75, 3.05) is 13.7 Å². The van der Waals surface area contributed by atoms with Crippen LogP contribution in [-0.4, -0.2) is 112 Å². The zero-order valence-corrected chi connectivity index (χ0v) is 19.5. The third-order valence-electron chi connectivity index (χ3n) is 6.04. The van der Waals surface area contributed by atoms with Crippen molar-refractivity contribution in [3.05, 3.63) is 0 Å². The average molecular weight is 491 g/mol. The summed E-state index contributed by atoms with van der Waals surface area (Å²) in [5.41, 5.74) is -1.61. The highest BCUT2D eigenvalue weighted by Gasteiger charge is 2.57. The Hall–Kier alpha value is -2.36. The third-order valence-corrected chi connectivity index (χ3v) is 6.04. The van der Waals surface area contributed by atoms with E-state index in [0.29, 0.717) is 0 Å². The van der Waals surface area contributed by atoms with E-state index in [0.717, 1.165) is 0 Å². The number of hydrogen-bond acceptors (Lipinski definition) is 10. The molecule has 0 radical (unpaired) electrons. The Kier molecular flexibility index (Phi) is 9.33. The van der Waals surface area contributed by atoms with Crippen molar-refractivity contribution in [1.82, 2.24) is 21.3 Å². The molecule has 1 aliphatic heterocycles. The van der Waals surface area contributed by atoms with Crippen LogP contribution >= 0.6 is 0 Å². The van der Waals surface area contributed by atoms with Crippen LogP contribution in [0.5, 0.6) is 0 Å². The van der Waals surface area contributed by atoms with Gasteiger partial charge in [0.05, 0.1) is 12.7 Å². The van der Waals surface area contributed by atoms with Crippen molar-refractivity contribution in [1.29, 1.82) is 0 Å². The minimum absolute atomic E-state index is 0.142. The molecule has 0 aromatic carbocycles. The number of hydrogen-bond donors (Lipinski definition) is 8. The Morgan fingerprint density at radius 1 is 1.03 bits per heavy atom. The Labute approximate surface area is 196 Å². The van der Waals surface area contributed by atoms with E-state index in [2.05, 4.69) is 21.3 Å². The number of carbonyl (C=O) groups is 4. The molecule has 9 atom stereocenters. The molecule has 2 rings (SSSR count). The van der Waals surface area contributed by atoms with E-state index in [4.69, 9.17) is 9.47 Å². The molecule has 34 heavy (non-hydrogen) atoms. The monoisotopic (exact) mass is 490 g/mol. The van der Waals surface area contributed by atoms with Gasteiger partial charge in [0, 0.05) is 14.0 Å². The normalized spacial score (nSPS) is 34.7. The lowest BCUT2D eigenvalue weighted by atomic mass is 9.72. The van der Waals surface area contributed by atoms with E-state index in [9.17, 15) is 39.6 Å². The Morgan fingerprint density at radius 3 is 2.15 bits per heavy atom. The van der Waals surface area contributed by atoms with Gasteiger partial charge in [-0.25, -0.2) is 0 Å². The summed E-state index contributed by atoms with van der Waals surface area (Å²) in [5, 5.41) is 49.3. The first-order chi connectivity index (χ1) is 15.9. The number of likely N-dealkylation sites (N-methyl/N-ethyl adjacent to an activating group) is 1. The zero-order chi connectivity index (χ0) is 25.8. The first kappa shape index (κ1) is 27.9. The van der Waals surface area contributed by atoms with Gasteiger partial charge in [0.25, 0.3) is 0 Å². The second-order valence-electron chi connectivity index (χ2n) is 8.55. The highest BCUT2D eigenvalue weighted by molar-refractivity contribution is 5.96. The van der Waals surface area contributed by atoms with Gasteiger partial charge >= 0.3 is 0 Å². The van der Waals surface area contributed by atoms with Crippen molar-refractivity contribution in [3.63, 3.8) is 0 Å². The second kappa shape index (κ2) is 11.4. The molecule has 1 heterocycles. The maximum absolute atomic E-state index is 13.1. The predicted molar refractivity (Wildman–Crippen MR) is 114 cm³/mol. The van der Waals surface area contributed by atoms with Gasteiger partial charge in [-0.2, -0.15) is 0 Å². The lowest BCUT2D eigenvalue weighted by molar-refractivity contribution is -0.322. The molecule has 2 aliphatic rings. The van der Waals surface area contributed by atoms with E-state index >= 15 is 0 Å².